The van der Waals surface area contributed by atoms with Crippen LogP contribution in [0.25, 0.3) is 17.0 Å². The first-order valence-electron chi connectivity index (χ1n) is 11.2. The zero-order chi connectivity index (χ0) is 25.3. The topological polar surface area (TPSA) is 74.4 Å². The Morgan fingerprint density at radius 2 is 1.86 bits per heavy atom. The summed E-state index contributed by atoms with van der Waals surface area (Å²) in [5.74, 6) is 0.160. The molecular formula is C26H22F3N5O2. The Kier molecular flexibility index (Phi) is 6.17. The van der Waals surface area contributed by atoms with Gasteiger partial charge in [0.1, 0.15) is 24.4 Å². The molecule has 3 heterocycles. The van der Waals surface area contributed by atoms with E-state index in [1.165, 1.54) is 19.3 Å². The van der Waals surface area contributed by atoms with Gasteiger partial charge in [0.25, 0.3) is 0 Å². The van der Waals surface area contributed by atoms with Gasteiger partial charge in [0, 0.05) is 36.6 Å². The molecule has 36 heavy (non-hydrogen) atoms. The van der Waals surface area contributed by atoms with Crippen molar-refractivity contribution in [1.29, 1.82) is 0 Å². The average Bonchev–Trinajstić information content (AvgIpc) is 3.28. The number of aryl methyl sites for hydroxylation is 1. The van der Waals surface area contributed by atoms with Gasteiger partial charge >= 0.3 is 6.18 Å². The van der Waals surface area contributed by atoms with Gasteiger partial charge in [0.05, 0.1) is 17.8 Å². The first kappa shape index (κ1) is 23.5. The maximum Gasteiger partial charge on any atom is 0.395 e. The normalized spacial score (nSPS) is 16.0. The van der Waals surface area contributed by atoms with Crippen molar-refractivity contribution in [2.24, 2.45) is 5.92 Å². The second kappa shape index (κ2) is 9.44. The number of fused-ring (bicyclic) bond motifs is 1. The van der Waals surface area contributed by atoms with E-state index >= 15 is 0 Å². The van der Waals surface area contributed by atoms with Crippen LogP contribution in [0.2, 0.25) is 0 Å². The number of aromatic nitrogens is 5. The molecule has 5 rings (SSSR count). The Bertz CT molecular complexity index is 1460. The minimum atomic E-state index is -4.30. The number of halogens is 3. The fourth-order valence-electron chi connectivity index (χ4n) is 4.01. The fraction of sp³-hybridized carbons (Fsp3) is 0.231. The Hall–Kier alpha value is -4.21. The van der Waals surface area contributed by atoms with Gasteiger partial charge in [-0.2, -0.15) is 18.2 Å². The van der Waals surface area contributed by atoms with Crippen LogP contribution in [0.15, 0.2) is 78.9 Å². The monoisotopic (exact) mass is 493 g/mol. The SMILES string of the molecule is CC1=CC=C(Oc2ccc(COc3ccn4c(-c5cncnc5)cnc4n3)cc2C)CC1C(F)(F)F. The minimum Gasteiger partial charge on any atom is -0.473 e. The second-order valence-electron chi connectivity index (χ2n) is 8.54. The molecule has 3 aromatic heterocycles. The third-order valence-electron chi connectivity index (χ3n) is 5.96. The summed E-state index contributed by atoms with van der Waals surface area (Å²) in [6, 6.07) is 7.18. The standard InChI is InChI=1S/C26H22F3N5O2/c1-16-3-5-20(10-21(16)26(27,28)29)36-23-6-4-18(9-17(23)2)14-35-24-7-8-34-22(13-32-25(34)33-24)19-11-30-15-31-12-19/h3-9,11-13,15,21H,10,14H2,1-2H3. The van der Waals surface area contributed by atoms with Crippen LogP contribution in [0.3, 0.4) is 0 Å². The highest BCUT2D eigenvalue weighted by molar-refractivity contribution is 5.60. The summed E-state index contributed by atoms with van der Waals surface area (Å²) in [6.45, 7) is 3.58. The summed E-state index contributed by atoms with van der Waals surface area (Å²) in [5.41, 5.74) is 3.58. The van der Waals surface area contributed by atoms with Crippen LogP contribution in [0.4, 0.5) is 13.2 Å². The zero-order valence-corrected chi connectivity index (χ0v) is 19.5. The largest absolute Gasteiger partial charge is 0.473 e. The molecule has 0 saturated heterocycles. The van der Waals surface area contributed by atoms with Crippen LogP contribution < -0.4 is 9.47 Å². The lowest BCUT2D eigenvalue weighted by atomic mass is 9.91. The van der Waals surface area contributed by atoms with E-state index in [0.717, 1.165) is 22.4 Å². The van der Waals surface area contributed by atoms with Crippen molar-refractivity contribution in [2.45, 2.75) is 33.1 Å². The molecule has 1 unspecified atom stereocenters. The summed E-state index contributed by atoms with van der Waals surface area (Å²) < 4.78 is 53.3. The number of rotatable bonds is 6. The third kappa shape index (κ3) is 4.93. The second-order valence-corrected chi connectivity index (χ2v) is 8.54. The van der Waals surface area contributed by atoms with Crippen LogP contribution >= 0.6 is 0 Å². The molecule has 1 aliphatic carbocycles. The van der Waals surface area contributed by atoms with Crippen LogP contribution in [-0.2, 0) is 6.61 Å². The molecular weight excluding hydrogens is 471 g/mol. The quantitative estimate of drug-likeness (QED) is 0.335. The van der Waals surface area contributed by atoms with E-state index in [0.29, 0.717) is 17.4 Å². The predicted molar refractivity (Wildman–Crippen MR) is 126 cm³/mol. The van der Waals surface area contributed by atoms with E-state index in [1.807, 2.05) is 29.7 Å². The smallest absolute Gasteiger partial charge is 0.395 e. The van der Waals surface area contributed by atoms with E-state index in [9.17, 15) is 13.2 Å². The zero-order valence-electron chi connectivity index (χ0n) is 19.5. The highest BCUT2D eigenvalue weighted by Gasteiger charge is 2.42. The number of imidazole rings is 1. The van der Waals surface area contributed by atoms with E-state index in [1.54, 1.807) is 36.8 Å². The maximum atomic E-state index is 13.3. The van der Waals surface area contributed by atoms with E-state index in [-0.39, 0.29) is 24.4 Å². The molecule has 0 N–H and O–H groups in total. The predicted octanol–water partition coefficient (Wildman–Crippen LogP) is 5.86. The number of nitrogens with zero attached hydrogens (tertiary/aromatic N) is 5. The highest BCUT2D eigenvalue weighted by Crippen LogP contribution is 2.39. The summed E-state index contributed by atoms with van der Waals surface area (Å²) in [4.78, 5) is 16.8. The Morgan fingerprint density at radius 3 is 2.61 bits per heavy atom. The number of benzene rings is 1. The Morgan fingerprint density at radius 1 is 1.06 bits per heavy atom. The molecule has 0 amide bonds. The van der Waals surface area contributed by atoms with Crippen LogP contribution in [0, 0.1) is 12.8 Å². The molecule has 0 bridgehead atoms. The van der Waals surface area contributed by atoms with Gasteiger partial charge in [-0.1, -0.05) is 17.7 Å². The van der Waals surface area contributed by atoms with Crippen molar-refractivity contribution in [3.63, 3.8) is 0 Å². The number of allylic oxidation sites excluding steroid dienone is 4. The minimum absolute atomic E-state index is 0.211. The molecule has 7 nitrogen and oxygen atoms in total. The lowest BCUT2D eigenvalue weighted by molar-refractivity contribution is -0.165. The molecule has 0 fully saturated rings. The highest BCUT2D eigenvalue weighted by atomic mass is 19.4. The fourth-order valence-corrected chi connectivity index (χ4v) is 4.01. The van der Waals surface area contributed by atoms with Gasteiger partial charge in [-0.15, -0.1) is 0 Å². The third-order valence-corrected chi connectivity index (χ3v) is 5.96. The molecule has 0 radical (unpaired) electrons. The van der Waals surface area contributed by atoms with Crippen LogP contribution in [0.5, 0.6) is 11.6 Å². The molecule has 1 aliphatic rings. The molecule has 0 aliphatic heterocycles. The van der Waals surface area contributed by atoms with Crippen LogP contribution in [0.1, 0.15) is 24.5 Å². The summed E-state index contributed by atoms with van der Waals surface area (Å²) >= 11 is 0. The van der Waals surface area contributed by atoms with E-state index in [4.69, 9.17) is 9.47 Å². The average molecular weight is 493 g/mol. The first-order valence-corrected chi connectivity index (χ1v) is 11.2. The molecule has 1 atom stereocenters. The van der Waals surface area contributed by atoms with Gasteiger partial charge < -0.3 is 9.47 Å². The van der Waals surface area contributed by atoms with Gasteiger partial charge in [-0.25, -0.2) is 15.0 Å². The van der Waals surface area contributed by atoms with Crippen molar-refractivity contribution >= 4 is 5.78 Å². The van der Waals surface area contributed by atoms with Crippen molar-refractivity contribution in [2.75, 3.05) is 0 Å². The Labute approximate surface area is 205 Å². The summed E-state index contributed by atoms with van der Waals surface area (Å²) in [6.07, 6.45) is 6.94. The van der Waals surface area contributed by atoms with E-state index < -0.39 is 12.1 Å². The molecule has 184 valence electrons. The number of hydrogen-bond donors (Lipinski definition) is 0. The lowest BCUT2D eigenvalue weighted by Gasteiger charge is -2.25. The molecule has 10 heteroatoms. The first-order chi connectivity index (χ1) is 17.3. The van der Waals surface area contributed by atoms with Crippen molar-refractivity contribution in [3.8, 4) is 22.9 Å². The molecule has 0 saturated carbocycles. The van der Waals surface area contributed by atoms with Crippen molar-refractivity contribution < 1.29 is 22.6 Å². The van der Waals surface area contributed by atoms with Crippen LogP contribution in [-0.4, -0.2) is 30.5 Å². The summed E-state index contributed by atoms with van der Waals surface area (Å²) in [7, 11) is 0. The van der Waals surface area contributed by atoms with Gasteiger partial charge in [0.2, 0.25) is 11.7 Å². The van der Waals surface area contributed by atoms with Gasteiger partial charge in [0.15, 0.2) is 0 Å². The lowest BCUT2D eigenvalue weighted by Crippen LogP contribution is -2.26. The number of ether oxygens (including phenoxy) is 2. The molecule has 4 aromatic rings. The summed E-state index contributed by atoms with van der Waals surface area (Å²) in [5, 5.41) is 0. The number of hydrogen-bond acceptors (Lipinski definition) is 6. The van der Waals surface area contributed by atoms with Crippen molar-refractivity contribution in [3.05, 3.63) is 90.0 Å². The van der Waals surface area contributed by atoms with E-state index in [2.05, 4.69) is 19.9 Å². The van der Waals surface area contributed by atoms with Gasteiger partial charge in [-0.3, -0.25) is 4.40 Å². The molecule has 1 aromatic carbocycles. The van der Waals surface area contributed by atoms with Crippen molar-refractivity contribution in [1.82, 2.24) is 24.3 Å². The molecule has 0 spiro atoms. The Balaban J connectivity index is 1.25. The maximum absolute atomic E-state index is 13.3. The van der Waals surface area contributed by atoms with Gasteiger partial charge in [-0.05, 0) is 43.2 Å². The number of alkyl halides is 3.